The second-order valence-corrected chi connectivity index (χ2v) is 3.53. The fourth-order valence-electron chi connectivity index (χ4n) is 1.45. The topological polar surface area (TPSA) is 47.7 Å². The Morgan fingerprint density at radius 2 is 2.13 bits per heavy atom. The van der Waals surface area contributed by atoms with Crippen LogP contribution in [-0.2, 0) is 27.2 Å². The molecule has 0 fully saturated rings. The molecule has 2 rings (SSSR count). The minimum Gasteiger partial charge on any atom is -0.305 e. The third-order valence-electron chi connectivity index (χ3n) is 2.30. The highest BCUT2D eigenvalue weighted by Crippen LogP contribution is 1.97. The third-order valence-corrected chi connectivity index (χ3v) is 2.30. The Balaban J connectivity index is 1.83. The summed E-state index contributed by atoms with van der Waals surface area (Å²) >= 11 is 0. The average molecular weight is 205 g/mol. The van der Waals surface area contributed by atoms with Crippen molar-refractivity contribution < 1.29 is 0 Å². The van der Waals surface area contributed by atoms with Crippen LogP contribution in [0.25, 0.3) is 0 Å². The van der Waals surface area contributed by atoms with E-state index >= 15 is 0 Å². The van der Waals surface area contributed by atoms with E-state index in [4.69, 9.17) is 0 Å². The predicted molar refractivity (Wildman–Crippen MR) is 57.0 cm³/mol. The Labute approximate surface area is 88.7 Å². The van der Waals surface area contributed by atoms with Crippen molar-refractivity contribution in [3.05, 3.63) is 35.9 Å². The molecule has 0 bridgehead atoms. The average Bonchev–Trinajstić information content (AvgIpc) is 2.77. The number of nitrogens with zero attached hydrogens (tertiary/aromatic N) is 4. The molecule has 0 aliphatic carbocycles. The zero-order valence-corrected chi connectivity index (χ0v) is 9.01. The van der Waals surface area contributed by atoms with Crippen molar-refractivity contribution >= 4 is 0 Å². The van der Waals surface area contributed by atoms with Crippen LogP contribution in [-0.4, -0.2) is 19.6 Å². The van der Waals surface area contributed by atoms with Crippen molar-refractivity contribution in [3.63, 3.8) is 0 Å². The predicted octanol–water partition coefficient (Wildman–Crippen LogP) is 0.443. The van der Waals surface area contributed by atoms with Gasteiger partial charge in [-0.25, -0.2) is 0 Å². The number of hydrogen-bond donors (Lipinski definition) is 1. The van der Waals surface area contributed by atoms with Crippen molar-refractivity contribution in [2.75, 3.05) is 0 Å². The summed E-state index contributed by atoms with van der Waals surface area (Å²) in [5.74, 6) is 0. The summed E-state index contributed by atoms with van der Waals surface area (Å²) in [5, 5.41) is 11.7. The zero-order valence-electron chi connectivity index (χ0n) is 9.01. The first-order valence-electron chi connectivity index (χ1n) is 4.92. The van der Waals surface area contributed by atoms with E-state index in [0.717, 1.165) is 18.8 Å². The van der Waals surface area contributed by atoms with Gasteiger partial charge in [-0.2, -0.15) is 10.2 Å². The molecule has 0 saturated carbocycles. The first-order chi connectivity index (χ1) is 7.25. The standard InChI is InChI=1S/C10H15N5/c1-14-6-4-9(13-14)7-11-8-10-3-5-12-15(10)2/h3-6,11H,7-8H2,1-2H3. The largest absolute Gasteiger partial charge is 0.305 e. The van der Waals surface area contributed by atoms with Crippen LogP contribution in [0.1, 0.15) is 11.4 Å². The summed E-state index contributed by atoms with van der Waals surface area (Å²) in [6, 6.07) is 4.02. The molecule has 15 heavy (non-hydrogen) atoms. The van der Waals surface area contributed by atoms with Crippen LogP contribution in [0.5, 0.6) is 0 Å². The van der Waals surface area contributed by atoms with E-state index in [1.165, 1.54) is 5.69 Å². The summed E-state index contributed by atoms with van der Waals surface area (Å²) in [5.41, 5.74) is 2.23. The molecule has 0 saturated heterocycles. The second kappa shape index (κ2) is 4.27. The maximum absolute atomic E-state index is 4.28. The van der Waals surface area contributed by atoms with Gasteiger partial charge in [-0.15, -0.1) is 0 Å². The Kier molecular flexibility index (Phi) is 2.82. The highest BCUT2D eigenvalue weighted by Gasteiger charge is 1.99. The van der Waals surface area contributed by atoms with Gasteiger partial charge >= 0.3 is 0 Å². The number of nitrogens with one attached hydrogen (secondary N) is 1. The van der Waals surface area contributed by atoms with Crippen molar-refractivity contribution in [2.45, 2.75) is 13.1 Å². The Hall–Kier alpha value is -1.62. The van der Waals surface area contributed by atoms with Gasteiger partial charge in [-0.05, 0) is 12.1 Å². The van der Waals surface area contributed by atoms with Crippen LogP contribution in [0, 0.1) is 0 Å². The molecule has 0 unspecified atom stereocenters. The quantitative estimate of drug-likeness (QED) is 0.788. The summed E-state index contributed by atoms with van der Waals surface area (Å²) in [6.45, 7) is 1.60. The van der Waals surface area contributed by atoms with Crippen molar-refractivity contribution in [3.8, 4) is 0 Å². The molecule has 0 aromatic carbocycles. The second-order valence-electron chi connectivity index (χ2n) is 3.53. The third kappa shape index (κ3) is 2.44. The summed E-state index contributed by atoms with van der Waals surface area (Å²) in [4.78, 5) is 0. The molecule has 0 spiro atoms. The lowest BCUT2D eigenvalue weighted by Gasteiger charge is -2.02. The molecule has 2 aromatic rings. The summed E-state index contributed by atoms with van der Waals surface area (Å²) < 4.78 is 3.67. The number of aromatic nitrogens is 4. The summed E-state index contributed by atoms with van der Waals surface area (Å²) in [6.07, 6.45) is 3.75. The molecule has 1 N–H and O–H groups in total. The lowest BCUT2D eigenvalue weighted by atomic mass is 10.4. The van der Waals surface area contributed by atoms with Gasteiger partial charge in [0.05, 0.1) is 11.4 Å². The maximum Gasteiger partial charge on any atom is 0.0762 e. The first kappa shape index (κ1) is 9.92. The smallest absolute Gasteiger partial charge is 0.0762 e. The minimum absolute atomic E-state index is 0.784. The highest BCUT2D eigenvalue weighted by atomic mass is 15.3. The number of rotatable bonds is 4. The van der Waals surface area contributed by atoms with Gasteiger partial charge in [0.25, 0.3) is 0 Å². The van der Waals surface area contributed by atoms with E-state index in [-0.39, 0.29) is 0 Å². The minimum atomic E-state index is 0.784. The van der Waals surface area contributed by atoms with E-state index in [9.17, 15) is 0 Å². The van der Waals surface area contributed by atoms with Gasteiger partial charge in [-0.3, -0.25) is 9.36 Å². The van der Waals surface area contributed by atoms with E-state index in [0.29, 0.717) is 0 Å². The molecule has 5 heteroatoms. The SMILES string of the molecule is Cn1ccc(CNCc2ccnn2C)n1. The van der Waals surface area contributed by atoms with Gasteiger partial charge in [0.2, 0.25) is 0 Å². The normalized spacial score (nSPS) is 10.8. The van der Waals surface area contributed by atoms with E-state index in [1.807, 2.05) is 37.1 Å². The van der Waals surface area contributed by atoms with Gasteiger partial charge in [0, 0.05) is 39.6 Å². The first-order valence-corrected chi connectivity index (χ1v) is 4.92. The lowest BCUT2D eigenvalue weighted by Crippen LogP contribution is -2.15. The van der Waals surface area contributed by atoms with Gasteiger partial charge in [0.1, 0.15) is 0 Å². The van der Waals surface area contributed by atoms with Crippen molar-refractivity contribution in [1.82, 2.24) is 24.9 Å². The van der Waals surface area contributed by atoms with Crippen LogP contribution in [0.2, 0.25) is 0 Å². The molecule has 2 aromatic heterocycles. The van der Waals surface area contributed by atoms with Crippen LogP contribution in [0.15, 0.2) is 24.5 Å². The Bertz CT molecular complexity index is 428. The molecular weight excluding hydrogens is 190 g/mol. The molecule has 0 atom stereocenters. The van der Waals surface area contributed by atoms with Crippen LogP contribution < -0.4 is 5.32 Å². The molecule has 0 amide bonds. The molecule has 0 aliphatic rings. The lowest BCUT2D eigenvalue weighted by molar-refractivity contribution is 0.612. The Morgan fingerprint density at radius 1 is 1.27 bits per heavy atom. The molecule has 0 aliphatic heterocycles. The molecule has 80 valence electrons. The molecule has 2 heterocycles. The number of hydrogen-bond acceptors (Lipinski definition) is 3. The van der Waals surface area contributed by atoms with Crippen molar-refractivity contribution in [1.29, 1.82) is 0 Å². The molecule has 5 nitrogen and oxygen atoms in total. The number of aryl methyl sites for hydroxylation is 2. The van der Waals surface area contributed by atoms with Crippen LogP contribution in [0.4, 0.5) is 0 Å². The van der Waals surface area contributed by atoms with Gasteiger partial charge in [-0.1, -0.05) is 0 Å². The van der Waals surface area contributed by atoms with Crippen LogP contribution in [0.3, 0.4) is 0 Å². The van der Waals surface area contributed by atoms with E-state index in [2.05, 4.69) is 15.5 Å². The maximum atomic E-state index is 4.28. The van der Waals surface area contributed by atoms with E-state index in [1.54, 1.807) is 10.9 Å². The zero-order chi connectivity index (χ0) is 10.7. The van der Waals surface area contributed by atoms with Crippen LogP contribution >= 0.6 is 0 Å². The van der Waals surface area contributed by atoms with Gasteiger partial charge in [0.15, 0.2) is 0 Å². The molecule has 0 radical (unpaired) electrons. The summed E-state index contributed by atoms with van der Waals surface area (Å²) in [7, 11) is 3.86. The molecular formula is C10H15N5. The van der Waals surface area contributed by atoms with E-state index < -0.39 is 0 Å². The Morgan fingerprint density at radius 3 is 2.73 bits per heavy atom. The van der Waals surface area contributed by atoms with Gasteiger partial charge < -0.3 is 5.32 Å². The fraction of sp³-hybridized carbons (Fsp3) is 0.400. The highest BCUT2D eigenvalue weighted by molar-refractivity contribution is 5.01. The fourth-order valence-corrected chi connectivity index (χ4v) is 1.45. The van der Waals surface area contributed by atoms with Crippen molar-refractivity contribution in [2.24, 2.45) is 14.1 Å². The monoisotopic (exact) mass is 205 g/mol.